The molecule has 1 saturated heterocycles. The Hall–Kier alpha value is -1.21. The lowest BCUT2D eigenvalue weighted by atomic mass is 9.79. The summed E-state index contributed by atoms with van der Waals surface area (Å²) in [7, 11) is -0.623. The summed E-state index contributed by atoms with van der Waals surface area (Å²) in [4.78, 5) is 0. The van der Waals surface area contributed by atoms with Crippen LogP contribution < -0.4 is 10.2 Å². The molecule has 0 spiro atoms. The number of hydrogen-bond donors (Lipinski definition) is 0. The lowest BCUT2D eigenvalue weighted by Gasteiger charge is -2.11. The molecule has 0 aliphatic carbocycles. The van der Waals surface area contributed by atoms with Gasteiger partial charge in [0.05, 0.1) is 12.7 Å². The predicted molar refractivity (Wildman–Crippen MR) is 55.0 cm³/mol. The topological polar surface area (TPSA) is 27.7 Å². The Balaban J connectivity index is 2.11. The molecule has 0 amide bonds. The maximum absolute atomic E-state index is 12.0. The van der Waals surface area contributed by atoms with Crippen LogP contribution in [0.5, 0.6) is 5.75 Å². The number of alkyl halides is 3. The third-order valence-corrected chi connectivity index (χ3v) is 2.20. The summed E-state index contributed by atoms with van der Waals surface area (Å²) in [6.07, 6.45) is -4.75. The summed E-state index contributed by atoms with van der Waals surface area (Å²) in [6, 6.07) is 5.59. The number of benzene rings is 1. The van der Waals surface area contributed by atoms with Gasteiger partial charge in [-0.15, -0.1) is 13.2 Å². The molecule has 1 atom stereocenters. The maximum Gasteiger partial charge on any atom is 0.573 e. The fraction of sp³-hybridized carbons (Fsp3) is 0.400. The molecule has 1 aliphatic heterocycles. The molecule has 1 aromatic rings. The number of rotatable bonds is 2. The molecular formula is C10H10BF3O3. The smallest absolute Gasteiger partial charge is 0.406 e. The van der Waals surface area contributed by atoms with Crippen LogP contribution in [0, 0.1) is 0 Å². The minimum absolute atomic E-state index is 0.0628. The van der Waals surface area contributed by atoms with E-state index in [0.717, 1.165) is 0 Å². The zero-order valence-corrected chi connectivity index (χ0v) is 9.03. The number of ether oxygens (including phenoxy) is 1. The Labute approximate surface area is 96.6 Å². The molecule has 92 valence electrons. The Bertz CT molecular complexity index is 397. The molecule has 17 heavy (non-hydrogen) atoms. The summed E-state index contributed by atoms with van der Waals surface area (Å²) in [6.45, 7) is 2.26. The first-order valence-corrected chi connectivity index (χ1v) is 5.07. The molecule has 1 fully saturated rings. The fourth-order valence-electron chi connectivity index (χ4n) is 1.55. The van der Waals surface area contributed by atoms with Crippen molar-refractivity contribution in [1.29, 1.82) is 0 Å². The van der Waals surface area contributed by atoms with Crippen molar-refractivity contribution in [2.75, 3.05) is 6.61 Å². The van der Waals surface area contributed by atoms with E-state index in [1.807, 2.05) is 6.92 Å². The Morgan fingerprint density at radius 3 is 2.76 bits per heavy atom. The number of halogens is 3. The van der Waals surface area contributed by atoms with Gasteiger partial charge in [-0.3, -0.25) is 0 Å². The molecule has 0 bridgehead atoms. The minimum Gasteiger partial charge on any atom is -0.406 e. The van der Waals surface area contributed by atoms with Gasteiger partial charge in [0.1, 0.15) is 5.75 Å². The van der Waals surface area contributed by atoms with Crippen molar-refractivity contribution in [2.24, 2.45) is 0 Å². The van der Waals surface area contributed by atoms with Crippen molar-refractivity contribution in [1.82, 2.24) is 0 Å². The van der Waals surface area contributed by atoms with E-state index in [1.165, 1.54) is 18.2 Å². The predicted octanol–water partition coefficient (Wildman–Crippen LogP) is 1.72. The normalized spacial score (nSPS) is 20.7. The second-order valence-electron chi connectivity index (χ2n) is 3.73. The van der Waals surface area contributed by atoms with Gasteiger partial charge < -0.3 is 14.0 Å². The van der Waals surface area contributed by atoms with E-state index >= 15 is 0 Å². The lowest BCUT2D eigenvalue weighted by molar-refractivity contribution is -0.274. The van der Waals surface area contributed by atoms with Crippen molar-refractivity contribution in [3.63, 3.8) is 0 Å². The fourth-order valence-corrected chi connectivity index (χ4v) is 1.55. The van der Waals surface area contributed by atoms with Crippen LogP contribution in [0.15, 0.2) is 24.3 Å². The molecule has 0 aromatic heterocycles. The molecule has 1 unspecified atom stereocenters. The van der Waals surface area contributed by atoms with Crippen LogP contribution in [0.25, 0.3) is 0 Å². The van der Waals surface area contributed by atoms with E-state index < -0.39 is 13.5 Å². The van der Waals surface area contributed by atoms with Crippen molar-refractivity contribution < 1.29 is 27.2 Å². The summed E-state index contributed by atoms with van der Waals surface area (Å²) in [5.74, 6) is -0.276. The molecule has 1 aromatic carbocycles. The maximum atomic E-state index is 12.0. The van der Waals surface area contributed by atoms with Crippen LogP contribution in [-0.2, 0) is 9.31 Å². The van der Waals surface area contributed by atoms with Crippen LogP contribution in [0.1, 0.15) is 6.92 Å². The van der Waals surface area contributed by atoms with Crippen LogP contribution in [0.4, 0.5) is 13.2 Å². The third-order valence-electron chi connectivity index (χ3n) is 2.20. The van der Waals surface area contributed by atoms with Crippen LogP contribution in [-0.4, -0.2) is 26.2 Å². The van der Waals surface area contributed by atoms with Crippen molar-refractivity contribution in [3.05, 3.63) is 24.3 Å². The van der Waals surface area contributed by atoms with Crippen molar-refractivity contribution in [3.8, 4) is 5.75 Å². The molecule has 1 aliphatic rings. The van der Waals surface area contributed by atoms with E-state index in [1.54, 1.807) is 6.07 Å². The Morgan fingerprint density at radius 2 is 2.18 bits per heavy atom. The van der Waals surface area contributed by atoms with Gasteiger partial charge in [0.25, 0.3) is 0 Å². The van der Waals surface area contributed by atoms with E-state index in [2.05, 4.69) is 4.74 Å². The summed E-state index contributed by atoms with van der Waals surface area (Å²) in [5, 5.41) is 0. The SMILES string of the molecule is CC1COB(c2cccc(OC(F)(F)F)c2)O1. The van der Waals surface area contributed by atoms with E-state index in [-0.39, 0.29) is 11.9 Å². The van der Waals surface area contributed by atoms with Crippen LogP contribution in [0.3, 0.4) is 0 Å². The van der Waals surface area contributed by atoms with Crippen molar-refractivity contribution >= 4 is 12.6 Å². The Kier molecular flexibility index (Phi) is 3.30. The van der Waals surface area contributed by atoms with E-state index in [4.69, 9.17) is 9.31 Å². The van der Waals surface area contributed by atoms with Gasteiger partial charge in [-0.1, -0.05) is 12.1 Å². The van der Waals surface area contributed by atoms with Crippen LogP contribution in [0.2, 0.25) is 0 Å². The quantitative estimate of drug-likeness (QED) is 0.743. The lowest BCUT2D eigenvalue weighted by Crippen LogP contribution is -2.32. The van der Waals surface area contributed by atoms with Gasteiger partial charge in [0, 0.05) is 0 Å². The summed E-state index contributed by atoms with van der Waals surface area (Å²) in [5.41, 5.74) is 0.510. The van der Waals surface area contributed by atoms with Gasteiger partial charge in [-0.05, 0) is 24.5 Å². The average molecular weight is 246 g/mol. The second-order valence-corrected chi connectivity index (χ2v) is 3.73. The van der Waals surface area contributed by atoms with E-state index in [0.29, 0.717) is 12.1 Å². The average Bonchev–Trinajstić information content (AvgIpc) is 2.63. The Morgan fingerprint density at radius 1 is 1.41 bits per heavy atom. The molecule has 0 N–H and O–H groups in total. The van der Waals surface area contributed by atoms with Crippen molar-refractivity contribution in [2.45, 2.75) is 19.4 Å². The van der Waals surface area contributed by atoms with E-state index in [9.17, 15) is 13.2 Å². The second kappa shape index (κ2) is 4.58. The van der Waals surface area contributed by atoms with Gasteiger partial charge in [-0.2, -0.15) is 0 Å². The van der Waals surface area contributed by atoms with Crippen LogP contribution >= 0.6 is 0 Å². The minimum atomic E-state index is -4.69. The molecule has 7 heteroatoms. The standard InChI is InChI=1S/C10H10BF3O3/c1-7-6-15-11(17-7)8-3-2-4-9(5-8)16-10(12,13)14/h2-5,7H,6H2,1H3. The number of hydrogen-bond acceptors (Lipinski definition) is 3. The third kappa shape index (κ3) is 3.37. The highest BCUT2D eigenvalue weighted by Gasteiger charge is 2.33. The molecule has 2 rings (SSSR count). The first kappa shape index (κ1) is 12.3. The molecule has 3 nitrogen and oxygen atoms in total. The first-order valence-electron chi connectivity index (χ1n) is 5.07. The zero-order chi connectivity index (χ0) is 12.5. The van der Waals surface area contributed by atoms with Gasteiger partial charge in [0.2, 0.25) is 0 Å². The summed E-state index contributed by atoms with van der Waals surface area (Å²) < 4.78 is 50.6. The highest BCUT2D eigenvalue weighted by molar-refractivity contribution is 6.61. The molecule has 0 saturated carbocycles. The van der Waals surface area contributed by atoms with Gasteiger partial charge in [-0.25, -0.2) is 0 Å². The summed E-state index contributed by atoms with van der Waals surface area (Å²) >= 11 is 0. The van der Waals surface area contributed by atoms with Gasteiger partial charge in [0.15, 0.2) is 0 Å². The highest BCUT2D eigenvalue weighted by atomic mass is 19.4. The monoisotopic (exact) mass is 246 g/mol. The zero-order valence-electron chi connectivity index (χ0n) is 9.03. The largest absolute Gasteiger partial charge is 0.573 e. The highest BCUT2D eigenvalue weighted by Crippen LogP contribution is 2.22. The molecule has 0 radical (unpaired) electrons. The molecule has 1 heterocycles. The van der Waals surface area contributed by atoms with Gasteiger partial charge >= 0.3 is 13.5 Å². The first-order chi connectivity index (χ1) is 7.94. The molecular weight excluding hydrogens is 236 g/mol.